The number of hydrogen-bond acceptors (Lipinski definition) is 2. The second kappa shape index (κ2) is 5.32. The van der Waals surface area contributed by atoms with Gasteiger partial charge in [0.05, 0.1) is 0 Å². The highest BCUT2D eigenvalue weighted by atomic mass is 16.1. The molecule has 1 aromatic rings. The van der Waals surface area contributed by atoms with Crippen molar-refractivity contribution in [3.8, 4) is 0 Å². The second-order valence-corrected chi connectivity index (χ2v) is 3.25. The highest BCUT2D eigenvalue weighted by Crippen LogP contribution is 2.12. The highest BCUT2D eigenvalue weighted by molar-refractivity contribution is 5.95. The molecule has 1 aromatic carbocycles. The molecule has 0 aliphatic carbocycles. The molecule has 0 bridgehead atoms. The molecule has 0 aromatic heterocycles. The molecule has 0 heterocycles. The molecule has 0 saturated heterocycles. The zero-order chi connectivity index (χ0) is 11.3. The molecule has 80 valence electrons. The minimum absolute atomic E-state index is 0.0656. The van der Waals surface area contributed by atoms with E-state index in [9.17, 15) is 4.79 Å². The van der Waals surface area contributed by atoms with Crippen molar-refractivity contribution < 1.29 is 4.79 Å². The van der Waals surface area contributed by atoms with E-state index in [1.807, 2.05) is 19.1 Å². The number of hydrogen-bond donors (Lipinski definition) is 2. The lowest BCUT2D eigenvalue weighted by Crippen LogP contribution is -2.22. The number of carbonyl (C=O) groups excluding carboxylic acids is 1. The zero-order valence-corrected chi connectivity index (χ0v) is 8.92. The first-order valence-electron chi connectivity index (χ1n) is 4.95. The Kier molecular flexibility index (Phi) is 4.06. The van der Waals surface area contributed by atoms with Crippen molar-refractivity contribution in [3.05, 3.63) is 42.0 Å². The van der Waals surface area contributed by atoms with Crippen LogP contribution in [0, 0.1) is 0 Å². The zero-order valence-electron chi connectivity index (χ0n) is 8.92. The topological polar surface area (TPSA) is 55.1 Å². The third-order valence-electron chi connectivity index (χ3n) is 2.12. The molecule has 0 saturated carbocycles. The van der Waals surface area contributed by atoms with Crippen LogP contribution in [0.4, 0.5) is 0 Å². The predicted molar refractivity (Wildman–Crippen MR) is 62.5 cm³/mol. The van der Waals surface area contributed by atoms with Crippen molar-refractivity contribution in [2.45, 2.75) is 6.92 Å². The van der Waals surface area contributed by atoms with Gasteiger partial charge in [-0.15, -0.1) is 0 Å². The van der Waals surface area contributed by atoms with Gasteiger partial charge in [-0.05, 0) is 30.2 Å². The summed E-state index contributed by atoms with van der Waals surface area (Å²) in [6, 6.07) is 7.32. The molecular weight excluding hydrogens is 188 g/mol. The Morgan fingerprint density at radius 2 is 2.13 bits per heavy atom. The first kappa shape index (κ1) is 11.5. The predicted octanol–water partition coefficient (Wildman–Crippen LogP) is 1.41. The average molecular weight is 204 g/mol. The molecule has 0 spiro atoms. The molecule has 0 atom stereocenters. The minimum Gasteiger partial charge on any atom is -0.352 e. The molecule has 3 heteroatoms. The van der Waals surface area contributed by atoms with Crippen LogP contribution < -0.4 is 11.1 Å². The Bertz CT molecular complexity index is 372. The summed E-state index contributed by atoms with van der Waals surface area (Å²) >= 11 is 0. The van der Waals surface area contributed by atoms with E-state index in [2.05, 4.69) is 11.9 Å². The third-order valence-corrected chi connectivity index (χ3v) is 2.12. The van der Waals surface area contributed by atoms with Crippen LogP contribution in [0.5, 0.6) is 0 Å². The number of benzene rings is 1. The van der Waals surface area contributed by atoms with Crippen LogP contribution in [0.25, 0.3) is 5.57 Å². The summed E-state index contributed by atoms with van der Waals surface area (Å²) in [4.78, 5) is 11.5. The van der Waals surface area contributed by atoms with Gasteiger partial charge in [-0.2, -0.15) is 0 Å². The summed E-state index contributed by atoms with van der Waals surface area (Å²) in [5.74, 6) is -0.0656. The SMILES string of the molecule is C=C(CN)c1cccc(C(=O)NCC)c1. The van der Waals surface area contributed by atoms with Crippen molar-refractivity contribution in [2.24, 2.45) is 5.73 Å². The van der Waals surface area contributed by atoms with Crippen LogP contribution >= 0.6 is 0 Å². The molecule has 0 unspecified atom stereocenters. The largest absolute Gasteiger partial charge is 0.352 e. The van der Waals surface area contributed by atoms with Crippen LogP contribution in [0.3, 0.4) is 0 Å². The summed E-state index contributed by atoms with van der Waals surface area (Å²) in [6.45, 7) is 6.75. The van der Waals surface area contributed by atoms with Crippen molar-refractivity contribution >= 4 is 11.5 Å². The fourth-order valence-corrected chi connectivity index (χ4v) is 1.26. The van der Waals surface area contributed by atoms with Crippen LogP contribution in [0.15, 0.2) is 30.8 Å². The monoisotopic (exact) mass is 204 g/mol. The van der Waals surface area contributed by atoms with Crippen LogP contribution in [0.1, 0.15) is 22.8 Å². The van der Waals surface area contributed by atoms with Gasteiger partial charge in [0.1, 0.15) is 0 Å². The van der Waals surface area contributed by atoms with E-state index in [0.29, 0.717) is 18.7 Å². The number of nitrogens with two attached hydrogens (primary N) is 1. The average Bonchev–Trinajstić information content (AvgIpc) is 2.28. The number of amides is 1. The summed E-state index contributed by atoms with van der Waals surface area (Å²) in [5, 5.41) is 2.75. The molecule has 1 rings (SSSR count). The van der Waals surface area contributed by atoms with Gasteiger partial charge in [-0.25, -0.2) is 0 Å². The van der Waals surface area contributed by atoms with E-state index in [0.717, 1.165) is 11.1 Å². The molecule has 3 N–H and O–H groups in total. The number of carbonyl (C=O) groups is 1. The maximum Gasteiger partial charge on any atom is 0.251 e. The number of rotatable bonds is 4. The first-order chi connectivity index (χ1) is 7.19. The Labute approximate surface area is 90.0 Å². The van der Waals surface area contributed by atoms with Gasteiger partial charge in [0.2, 0.25) is 0 Å². The van der Waals surface area contributed by atoms with Gasteiger partial charge in [0, 0.05) is 18.7 Å². The molecule has 15 heavy (non-hydrogen) atoms. The van der Waals surface area contributed by atoms with E-state index >= 15 is 0 Å². The summed E-state index contributed by atoms with van der Waals surface area (Å²) in [7, 11) is 0. The minimum atomic E-state index is -0.0656. The Hall–Kier alpha value is -1.61. The standard InChI is InChI=1S/C12H16N2O/c1-3-14-12(15)11-6-4-5-10(7-11)9(2)8-13/h4-7H,2-3,8,13H2,1H3,(H,14,15). The van der Waals surface area contributed by atoms with Gasteiger partial charge in [0.25, 0.3) is 5.91 Å². The van der Waals surface area contributed by atoms with Gasteiger partial charge in [-0.1, -0.05) is 18.7 Å². The molecule has 0 aliphatic heterocycles. The van der Waals surface area contributed by atoms with E-state index < -0.39 is 0 Å². The van der Waals surface area contributed by atoms with E-state index in [1.165, 1.54) is 0 Å². The van der Waals surface area contributed by atoms with Crippen molar-refractivity contribution in [2.75, 3.05) is 13.1 Å². The summed E-state index contributed by atoms with van der Waals surface area (Å²) in [6.07, 6.45) is 0. The van der Waals surface area contributed by atoms with E-state index in [1.54, 1.807) is 12.1 Å². The lowest BCUT2D eigenvalue weighted by Gasteiger charge is -2.06. The van der Waals surface area contributed by atoms with Crippen molar-refractivity contribution in [1.82, 2.24) is 5.32 Å². The van der Waals surface area contributed by atoms with Crippen LogP contribution in [-0.2, 0) is 0 Å². The Balaban J connectivity index is 2.92. The molecule has 0 radical (unpaired) electrons. The Morgan fingerprint density at radius 3 is 2.73 bits per heavy atom. The van der Waals surface area contributed by atoms with E-state index in [4.69, 9.17) is 5.73 Å². The van der Waals surface area contributed by atoms with Crippen LogP contribution in [0.2, 0.25) is 0 Å². The normalized spacial score (nSPS) is 9.73. The molecule has 1 amide bonds. The van der Waals surface area contributed by atoms with Crippen molar-refractivity contribution in [3.63, 3.8) is 0 Å². The van der Waals surface area contributed by atoms with E-state index in [-0.39, 0.29) is 5.91 Å². The fourth-order valence-electron chi connectivity index (χ4n) is 1.26. The lowest BCUT2D eigenvalue weighted by molar-refractivity contribution is 0.0956. The van der Waals surface area contributed by atoms with Gasteiger partial charge in [0.15, 0.2) is 0 Å². The van der Waals surface area contributed by atoms with Crippen LogP contribution in [-0.4, -0.2) is 19.0 Å². The quantitative estimate of drug-likeness (QED) is 0.779. The van der Waals surface area contributed by atoms with Gasteiger partial charge in [-0.3, -0.25) is 4.79 Å². The maximum atomic E-state index is 11.5. The fraction of sp³-hybridized carbons (Fsp3) is 0.250. The van der Waals surface area contributed by atoms with Gasteiger partial charge >= 0.3 is 0 Å². The lowest BCUT2D eigenvalue weighted by atomic mass is 10.0. The molecule has 0 aliphatic rings. The van der Waals surface area contributed by atoms with Gasteiger partial charge < -0.3 is 11.1 Å². The summed E-state index contributed by atoms with van der Waals surface area (Å²) < 4.78 is 0. The van der Waals surface area contributed by atoms with Crippen molar-refractivity contribution in [1.29, 1.82) is 0 Å². The molecule has 3 nitrogen and oxygen atoms in total. The summed E-state index contributed by atoms with van der Waals surface area (Å²) in [5.41, 5.74) is 7.88. The highest BCUT2D eigenvalue weighted by Gasteiger charge is 2.05. The molecule has 0 fully saturated rings. The first-order valence-corrected chi connectivity index (χ1v) is 4.95. The third kappa shape index (κ3) is 2.92. The smallest absolute Gasteiger partial charge is 0.251 e. The second-order valence-electron chi connectivity index (χ2n) is 3.25. The Morgan fingerprint density at radius 1 is 1.47 bits per heavy atom. The molecular formula is C12H16N2O. The maximum absolute atomic E-state index is 11.5. The number of nitrogens with one attached hydrogen (secondary N) is 1.